The summed E-state index contributed by atoms with van der Waals surface area (Å²) in [5.74, 6) is 0.789. The Kier molecular flexibility index (Phi) is 4.79. The fourth-order valence-electron chi connectivity index (χ4n) is 2.78. The Balaban J connectivity index is 1.67. The molecule has 0 bridgehead atoms. The monoisotopic (exact) mass is 246 g/mol. The van der Waals surface area contributed by atoms with Gasteiger partial charge >= 0.3 is 0 Å². The molecule has 100 valence electrons. The highest BCUT2D eigenvalue weighted by Crippen LogP contribution is 2.38. The van der Waals surface area contributed by atoms with Crippen molar-refractivity contribution in [3.05, 3.63) is 35.4 Å². The smallest absolute Gasteiger partial charge is 0.00787 e. The van der Waals surface area contributed by atoms with Crippen molar-refractivity contribution in [3.63, 3.8) is 0 Å². The van der Waals surface area contributed by atoms with E-state index in [1.54, 1.807) is 5.56 Å². The van der Waals surface area contributed by atoms with Crippen molar-refractivity contribution in [2.75, 3.05) is 27.2 Å². The first-order valence-corrected chi connectivity index (χ1v) is 7.10. The summed E-state index contributed by atoms with van der Waals surface area (Å²) >= 11 is 0. The van der Waals surface area contributed by atoms with Crippen LogP contribution in [0.3, 0.4) is 0 Å². The molecule has 1 aliphatic carbocycles. The Hall–Kier alpha value is -0.860. The van der Waals surface area contributed by atoms with Gasteiger partial charge in [-0.05, 0) is 70.4 Å². The van der Waals surface area contributed by atoms with Crippen molar-refractivity contribution in [1.29, 1.82) is 0 Å². The quantitative estimate of drug-likeness (QED) is 0.777. The SMILES string of the molecule is Cc1ccccc1C1CC(NCCCN(C)C)C1. The van der Waals surface area contributed by atoms with Gasteiger partial charge in [0.25, 0.3) is 0 Å². The lowest BCUT2D eigenvalue weighted by atomic mass is 9.74. The number of hydrogen-bond donors (Lipinski definition) is 1. The Bertz CT molecular complexity index is 367. The van der Waals surface area contributed by atoms with Gasteiger partial charge in [0.05, 0.1) is 0 Å². The Labute approximate surface area is 111 Å². The highest BCUT2D eigenvalue weighted by Gasteiger charge is 2.30. The molecule has 1 saturated carbocycles. The lowest BCUT2D eigenvalue weighted by Crippen LogP contribution is -2.41. The highest BCUT2D eigenvalue weighted by atomic mass is 15.1. The third-order valence-corrected chi connectivity index (χ3v) is 3.98. The lowest BCUT2D eigenvalue weighted by Gasteiger charge is -2.37. The fourth-order valence-corrected chi connectivity index (χ4v) is 2.78. The normalized spacial score (nSPS) is 23.1. The van der Waals surface area contributed by atoms with Crippen molar-refractivity contribution < 1.29 is 0 Å². The summed E-state index contributed by atoms with van der Waals surface area (Å²) in [6.07, 6.45) is 3.87. The molecule has 0 aromatic heterocycles. The van der Waals surface area contributed by atoms with E-state index in [0.29, 0.717) is 0 Å². The summed E-state index contributed by atoms with van der Waals surface area (Å²) in [5, 5.41) is 3.67. The van der Waals surface area contributed by atoms with Crippen LogP contribution in [0.4, 0.5) is 0 Å². The number of hydrogen-bond acceptors (Lipinski definition) is 2. The highest BCUT2D eigenvalue weighted by molar-refractivity contribution is 5.31. The van der Waals surface area contributed by atoms with Gasteiger partial charge in [-0.3, -0.25) is 0 Å². The fraction of sp³-hybridized carbons (Fsp3) is 0.625. The number of aryl methyl sites for hydroxylation is 1. The van der Waals surface area contributed by atoms with Gasteiger partial charge in [-0.2, -0.15) is 0 Å². The molecule has 0 radical (unpaired) electrons. The summed E-state index contributed by atoms with van der Waals surface area (Å²) in [6, 6.07) is 9.57. The van der Waals surface area contributed by atoms with Crippen LogP contribution in [0.5, 0.6) is 0 Å². The average Bonchev–Trinajstić information content (AvgIpc) is 2.28. The first kappa shape index (κ1) is 13.6. The van der Waals surface area contributed by atoms with E-state index in [-0.39, 0.29) is 0 Å². The van der Waals surface area contributed by atoms with E-state index < -0.39 is 0 Å². The lowest BCUT2D eigenvalue weighted by molar-refractivity contribution is 0.283. The van der Waals surface area contributed by atoms with Crippen LogP contribution < -0.4 is 5.32 Å². The van der Waals surface area contributed by atoms with Gasteiger partial charge in [0.1, 0.15) is 0 Å². The summed E-state index contributed by atoms with van der Waals surface area (Å²) in [4.78, 5) is 2.25. The molecule has 0 unspecified atom stereocenters. The molecule has 0 amide bonds. The van der Waals surface area contributed by atoms with E-state index in [1.165, 1.54) is 31.4 Å². The van der Waals surface area contributed by atoms with Crippen molar-refractivity contribution in [2.24, 2.45) is 0 Å². The molecule has 1 aliphatic rings. The van der Waals surface area contributed by atoms with Crippen molar-refractivity contribution >= 4 is 0 Å². The number of nitrogens with one attached hydrogen (secondary N) is 1. The second kappa shape index (κ2) is 6.35. The molecule has 2 rings (SSSR count). The molecule has 1 fully saturated rings. The minimum atomic E-state index is 0.747. The van der Waals surface area contributed by atoms with Crippen molar-refractivity contribution in [3.8, 4) is 0 Å². The summed E-state index contributed by atoms with van der Waals surface area (Å²) in [6.45, 7) is 4.57. The summed E-state index contributed by atoms with van der Waals surface area (Å²) < 4.78 is 0. The molecule has 0 atom stereocenters. The van der Waals surface area contributed by atoms with Crippen molar-refractivity contribution in [1.82, 2.24) is 10.2 Å². The number of nitrogens with zero attached hydrogens (tertiary/aromatic N) is 1. The van der Waals surface area contributed by atoms with E-state index in [0.717, 1.165) is 18.5 Å². The second-order valence-electron chi connectivity index (χ2n) is 5.83. The van der Waals surface area contributed by atoms with Gasteiger partial charge in [-0.1, -0.05) is 24.3 Å². The Morgan fingerprint density at radius 2 is 1.94 bits per heavy atom. The van der Waals surface area contributed by atoms with Crippen LogP contribution in [0.25, 0.3) is 0 Å². The summed E-state index contributed by atoms with van der Waals surface area (Å²) in [7, 11) is 4.27. The van der Waals surface area contributed by atoms with Gasteiger partial charge in [0.2, 0.25) is 0 Å². The largest absolute Gasteiger partial charge is 0.314 e. The van der Waals surface area contributed by atoms with Gasteiger partial charge in [0, 0.05) is 6.04 Å². The maximum Gasteiger partial charge on any atom is 0.00787 e. The predicted octanol–water partition coefficient (Wildman–Crippen LogP) is 2.78. The molecule has 0 spiro atoms. The molecule has 1 aromatic rings. The van der Waals surface area contributed by atoms with E-state index in [2.05, 4.69) is 55.5 Å². The topological polar surface area (TPSA) is 15.3 Å². The zero-order chi connectivity index (χ0) is 13.0. The molecular weight excluding hydrogens is 220 g/mol. The average molecular weight is 246 g/mol. The van der Waals surface area contributed by atoms with Gasteiger partial charge in [0.15, 0.2) is 0 Å². The van der Waals surface area contributed by atoms with E-state index >= 15 is 0 Å². The van der Waals surface area contributed by atoms with Crippen LogP contribution in [-0.2, 0) is 0 Å². The molecule has 1 N–H and O–H groups in total. The predicted molar refractivity (Wildman–Crippen MR) is 78.1 cm³/mol. The number of benzene rings is 1. The van der Waals surface area contributed by atoms with Crippen LogP contribution in [0, 0.1) is 6.92 Å². The first-order chi connectivity index (χ1) is 8.66. The Morgan fingerprint density at radius 3 is 2.61 bits per heavy atom. The Morgan fingerprint density at radius 1 is 1.22 bits per heavy atom. The van der Waals surface area contributed by atoms with E-state index in [1.807, 2.05) is 0 Å². The van der Waals surface area contributed by atoms with Gasteiger partial charge in [-0.15, -0.1) is 0 Å². The molecule has 0 saturated heterocycles. The van der Waals surface area contributed by atoms with E-state index in [9.17, 15) is 0 Å². The first-order valence-electron chi connectivity index (χ1n) is 7.10. The molecule has 2 nitrogen and oxygen atoms in total. The third kappa shape index (κ3) is 3.56. The molecule has 1 aromatic carbocycles. The van der Waals surface area contributed by atoms with Crippen LogP contribution in [0.2, 0.25) is 0 Å². The van der Waals surface area contributed by atoms with Crippen LogP contribution in [-0.4, -0.2) is 38.1 Å². The third-order valence-electron chi connectivity index (χ3n) is 3.98. The summed E-state index contributed by atoms with van der Waals surface area (Å²) in [5.41, 5.74) is 3.01. The van der Waals surface area contributed by atoms with Crippen LogP contribution >= 0.6 is 0 Å². The standard InChI is InChI=1S/C16H26N2/c1-13-7-4-5-8-16(13)14-11-15(12-14)17-9-6-10-18(2)3/h4-5,7-8,14-15,17H,6,9-12H2,1-3H3. The molecule has 18 heavy (non-hydrogen) atoms. The molecule has 2 heteroatoms. The molecular formula is C16H26N2. The van der Waals surface area contributed by atoms with E-state index in [4.69, 9.17) is 0 Å². The zero-order valence-corrected chi connectivity index (χ0v) is 11.9. The minimum Gasteiger partial charge on any atom is -0.314 e. The zero-order valence-electron chi connectivity index (χ0n) is 11.9. The van der Waals surface area contributed by atoms with Gasteiger partial charge in [-0.25, -0.2) is 0 Å². The molecule has 0 aliphatic heterocycles. The van der Waals surface area contributed by atoms with Gasteiger partial charge < -0.3 is 10.2 Å². The maximum absolute atomic E-state index is 3.67. The minimum absolute atomic E-state index is 0.747. The van der Waals surface area contributed by atoms with Crippen LogP contribution in [0.1, 0.15) is 36.3 Å². The molecule has 0 heterocycles. The van der Waals surface area contributed by atoms with Crippen molar-refractivity contribution in [2.45, 2.75) is 38.1 Å². The second-order valence-corrected chi connectivity index (χ2v) is 5.83. The van der Waals surface area contributed by atoms with Crippen LogP contribution in [0.15, 0.2) is 24.3 Å². The maximum atomic E-state index is 3.67. The number of rotatable bonds is 6.